The van der Waals surface area contributed by atoms with E-state index in [9.17, 15) is 18.0 Å². The summed E-state index contributed by atoms with van der Waals surface area (Å²) in [4.78, 5) is 12.1. The molecule has 1 fully saturated rings. The molecule has 1 N–H and O–H groups in total. The highest BCUT2D eigenvalue weighted by Crippen LogP contribution is 2.51. The molecule has 1 aromatic rings. The molecule has 0 radical (unpaired) electrons. The maximum absolute atomic E-state index is 12.9. The van der Waals surface area contributed by atoms with Crippen molar-refractivity contribution in [2.75, 3.05) is 0 Å². The molecule has 3 unspecified atom stereocenters. The number of carbonyl (C=O) groups excluding carboxylic acids is 1. The smallest absolute Gasteiger partial charge is 0.416 e. The normalized spacial score (nSPS) is 27.9. The second-order valence-corrected chi connectivity index (χ2v) is 6.67. The predicted octanol–water partition coefficient (Wildman–Crippen LogP) is 3.30. The Morgan fingerprint density at radius 1 is 1.19 bits per heavy atom. The summed E-state index contributed by atoms with van der Waals surface area (Å²) in [7, 11) is 0. The number of amides is 1. The Balaban J connectivity index is 2.07. The average molecular weight is 299 g/mol. The van der Waals surface area contributed by atoms with Crippen LogP contribution < -0.4 is 10.1 Å². The van der Waals surface area contributed by atoms with Gasteiger partial charge in [0.05, 0.1) is 17.4 Å². The van der Waals surface area contributed by atoms with Crippen LogP contribution in [0.3, 0.4) is 0 Å². The van der Waals surface area contributed by atoms with Crippen LogP contribution in [0.5, 0.6) is 5.75 Å². The lowest BCUT2D eigenvalue weighted by atomic mass is 9.72. The van der Waals surface area contributed by atoms with Crippen molar-refractivity contribution in [3.05, 3.63) is 29.3 Å². The van der Waals surface area contributed by atoms with Crippen LogP contribution in [0.15, 0.2) is 18.2 Å². The Morgan fingerprint density at radius 2 is 1.86 bits per heavy atom. The van der Waals surface area contributed by atoms with Gasteiger partial charge in [0.15, 0.2) is 6.23 Å². The van der Waals surface area contributed by atoms with Crippen molar-refractivity contribution in [3.8, 4) is 5.75 Å². The number of rotatable bonds is 0. The molecule has 1 amide bonds. The van der Waals surface area contributed by atoms with E-state index in [0.717, 1.165) is 12.1 Å². The molecule has 0 aromatic heterocycles. The second kappa shape index (κ2) is 4.15. The number of hydrogen-bond donors (Lipinski definition) is 1. The summed E-state index contributed by atoms with van der Waals surface area (Å²) in [6, 6.07) is 3.45. The highest BCUT2D eigenvalue weighted by Gasteiger charge is 2.54. The molecule has 21 heavy (non-hydrogen) atoms. The fraction of sp³-hybridized carbons (Fsp3) is 0.533. The van der Waals surface area contributed by atoms with E-state index in [0.29, 0.717) is 11.3 Å². The number of fused-ring (bicyclic) bond motifs is 3. The van der Waals surface area contributed by atoms with Crippen LogP contribution in [0.2, 0.25) is 0 Å². The molecule has 0 aliphatic carbocycles. The molecule has 2 heterocycles. The zero-order chi connectivity index (χ0) is 15.6. The Morgan fingerprint density at radius 3 is 2.43 bits per heavy atom. The van der Waals surface area contributed by atoms with Gasteiger partial charge in [-0.05, 0) is 23.6 Å². The van der Waals surface area contributed by atoms with Gasteiger partial charge >= 0.3 is 6.18 Å². The molecule has 114 valence electrons. The van der Waals surface area contributed by atoms with Gasteiger partial charge < -0.3 is 10.1 Å². The van der Waals surface area contributed by atoms with E-state index in [-0.39, 0.29) is 17.2 Å². The van der Waals surface area contributed by atoms with Crippen LogP contribution in [0, 0.1) is 11.3 Å². The third kappa shape index (κ3) is 2.17. The van der Waals surface area contributed by atoms with Gasteiger partial charge in [-0.2, -0.15) is 13.2 Å². The van der Waals surface area contributed by atoms with E-state index >= 15 is 0 Å². The standard InChI is InChI=1S/C15H16F3NO2/c1-14(2,3)11-10-8-6-7(15(16,17)18)4-5-9(8)21-13(10)19-12(11)20/h4-6,10-11,13H,1-3H3,(H,19,20). The zero-order valence-corrected chi connectivity index (χ0v) is 11.9. The first-order valence-corrected chi connectivity index (χ1v) is 6.77. The molecule has 0 bridgehead atoms. The summed E-state index contributed by atoms with van der Waals surface area (Å²) in [5, 5.41) is 2.74. The first kappa shape index (κ1) is 14.2. The number of alkyl halides is 3. The van der Waals surface area contributed by atoms with Crippen LogP contribution >= 0.6 is 0 Å². The predicted molar refractivity (Wildman–Crippen MR) is 69.7 cm³/mol. The molecule has 3 atom stereocenters. The topological polar surface area (TPSA) is 38.3 Å². The van der Waals surface area contributed by atoms with Crippen LogP contribution in [-0.4, -0.2) is 12.1 Å². The summed E-state index contributed by atoms with van der Waals surface area (Å²) in [6.07, 6.45) is -4.97. The first-order valence-electron chi connectivity index (χ1n) is 6.77. The van der Waals surface area contributed by atoms with Crippen molar-refractivity contribution in [1.82, 2.24) is 5.32 Å². The molecule has 1 aromatic carbocycles. The van der Waals surface area contributed by atoms with E-state index in [1.807, 2.05) is 20.8 Å². The molecule has 3 nitrogen and oxygen atoms in total. The quantitative estimate of drug-likeness (QED) is 0.798. The van der Waals surface area contributed by atoms with E-state index in [1.165, 1.54) is 6.07 Å². The van der Waals surface area contributed by atoms with Gasteiger partial charge in [-0.1, -0.05) is 20.8 Å². The lowest BCUT2D eigenvalue weighted by Crippen LogP contribution is -2.32. The van der Waals surface area contributed by atoms with E-state index in [4.69, 9.17) is 4.74 Å². The van der Waals surface area contributed by atoms with Crippen molar-refractivity contribution < 1.29 is 22.7 Å². The number of halogens is 3. The van der Waals surface area contributed by atoms with Crippen molar-refractivity contribution in [1.29, 1.82) is 0 Å². The highest BCUT2D eigenvalue weighted by atomic mass is 19.4. The largest absolute Gasteiger partial charge is 0.470 e. The zero-order valence-electron chi connectivity index (χ0n) is 11.9. The molecule has 1 saturated heterocycles. The lowest BCUT2D eigenvalue weighted by Gasteiger charge is -2.28. The van der Waals surface area contributed by atoms with Crippen molar-refractivity contribution in [2.45, 2.75) is 39.1 Å². The second-order valence-electron chi connectivity index (χ2n) is 6.67. The van der Waals surface area contributed by atoms with E-state index in [1.54, 1.807) is 0 Å². The molecule has 0 spiro atoms. The fourth-order valence-electron chi connectivity index (χ4n) is 3.26. The van der Waals surface area contributed by atoms with E-state index in [2.05, 4.69) is 5.32 Å². The summed E-state index contributed by atoms with van der Waals surface area (Å²) >= 11 is 0. The molecule has 6 heteroatoms. The monoisotopic (exact) mass is 299 g/mol. The molecular weight excluding hydrogens is 283 g/mol. The third-order valence-corrected chi connectivity index (χ3v) is 4.14. The molecule has 2 aliphatic heterocycles. The molecule has 3 rings (SSSR count). The van der Waals surface area contributed by atoms with Crippen LogP contribution in [-0.2, 0) is 11.0 Å². The van der Waals surface area contributed by atoms with Gasteiger partial charge in [0.1, 0.15) is 5.75 Å². The first-order chi connectivity index (χ1) is 9.59. The molecular formula is C15H16F3NO2. The van der Waals surface area contributed by atoms with Crippen molar-refractivity contribution in [2.24, 2.45) is 11.3 Å². The third-order valence-electron chi connectivity index (χ3n) is 4.14. The van der Waals surface area contributed by atoms with Gasteiger partial charge in [-0.3, -0.25) is 4.79 Å². The summed E-state index contributed by atoms with van der Waals surface area (Å²) < 4.78 is 44.2. The lowest BCUT2D eigenvalue weighted by molar-refractivity contribution is -0.137. The maximum Gasteiger partial charge on any atom is 0.416 e. The minimum absolute atomic E-state index is 0.166. The number of benzene rings is 1. The minimum atomic E-state index is -4.40. The molecule has 0 saturated carbocycles. The maximum atomic E-state index is 12.9. The summed E-state index contributed by atoms with van der Waals surface area (Å²) in [5.41, 5.74) is -0.603. The summed E-state index contributed by atoms with van der Waals surface area (Å²) in [6.45, 7) is 5.72. The highest BCUT2D eigenvalue weighted by molar-refractivity contribution is 5.84. The Labute approximate surface area is 120 Å². The van der Waals surface area contributed by atoms with Crippen molar-refractivity contribution in [3.63, 3.8) is 0 Å². The number of carbonyl (C=O) groups is 1. The van der Waals surface area contributed by atoms with Crippen LogP contribution in [0.25, 0.3) is 0 Å². The number of nitrogens with one attached hydrogen (secondary N) is 1. The van der Waals surface area contributed by atoms with Gasteiger partial charge in [0.25, 0.3) is 0 Å². The number of ether oxygens (including phenoxy) is 1. The van der Waals surface area contributed by atoms with Gasteiger partial charge in [-0.25, -0.2) is 0 Å². The minimum Gasteiger partial charge on any atom is -0.470 e. The van der Waals surface area contributed by atoms with Gasteiger partial charge in [-0.15, -0.1) is 0 Å². The van der Waals surface area contributed by atoms with Crippen LogP contribution in [0.1, 0.15) is 37.8 Å². The number of hydrogen-bond acceptors (Lipinski definition) is 2. The average Bonchev–Trinajstić information content (AvgIpc) is 2.79. The Bertz CT molecular complexity index is 604. The Hall–Kier alpha value is -1.72. The van der Waals surface area contributed by atoms with Gasteiger partial charge in [0.2, 0.25) is 5.91 Å². The van der Waals surface area contributed by atoms with Crippen molar-refractivity contribution >= 4 is 5.91 Å². The summed E-state index contributed by atoms with van der Waals surface area (Å²) in [5.74, 6) is -0.533. The molecule has 2 aliphatic rings. The van der Waals surface area contributed by atoms with E-state index < -0.39 is 23.9 Å². The Kier molecular flexibility index (Phi) is 2.81. The van der Waals surface area contributed by atoms with Crippen LogP contribution in [0.4, 0.5) is 13.2 Å². The SMILES string of the molecule is CC(C)(C)C1C(=O)NC2Oc3ccc(C(F)(F)F)cc3C21. The van der Waals surface area contributed by atoms with Gasteiger partial charge in [0, 0.05) is 5.56 Å². The fourth-order valence-corrected chi connectivity index (χ4v) is 3.26.